The maximum atomic E-state index is 5.54. The smallest absolute Gasteiger partial charge is 0.0674 e. The van der Waals surface area contributed by atoms with E-state index in [0.717, 1.165) is 13.2 Å². The Morgan fingerprint density at radius 3 is 1.57 bits per heavy atom. The molecular weight excluding hydrogens is 216 g/mol. The predicted octanol–water partition coefficient (Wildman–Crippen LogP) is 2.72. The maximum Gasteiger partial charge on any atom is 0.0674 e. The number of hydrogen-bond acceptors (Lipinski definition) is 4. The Bertz CT molecular complexity index is 169. The van der Waals surface area contributed by atoms with Crippen molar-refractivity contribution in [1.29, 1.82) is 0 Å². The van der Waals surface area contributed by atoms with Crippen molar-refractivity contribution in [2.24, 2.45) is 0 Å². The van der Waals surface area contributed by atoms with Crippen LogP contribution in [0.5, 0.6) is 0 Å². The van der Waals surface area contributed by atoms with Crippen molar-refractivity contribution < 1.29 is 9.47 Å². The fraction of sp³-hybridized carbons (Fsp3) is 1.00. The van der Waals surface area contributed by atoms with Gasteiger partial charge in [-0.05, 0) is 26.7 Å². The highest BCUT2D eigenvalue weighted by Gasteiger charge is 2.29. The lowest BCUT2D eigenvalue weighted by molar-refractivity contribution is 0.127. The van der Waals surface area contributed by atoms with Crippen molar-refractivity contribution in [3.05, 3.63) is 0 Å². The molecule has 4 heteroatoms. The monoisotopic (exact) mass is 234 g/mol. The molecule has 14 heavy (non-hydrogen) atoms. The molecule has 0 aromatic rings. The third kappa shape index (κ3) is 2.60. The van der Waals surface area contributed by atoms with Gasteiger partial charge >= 0.3 is 0 Å². The van der Waals surface area contributed by atoms with E-state index in [1.807, 2.05) is 21.6 Å². The van der Waals surface area contributed by atoms with E-state index in [1.165, 1.54) is 12.8 Å². The molecule has 0 amide bonds. The molecule has 2 aliphatic rings. The van der Waals surface area contributed by atoms with E-state index in [4.69, 9.17) is 9.47 Å². The molecule has 82 valence electrons. The van der Waals surface area contributed by atoms with Gasteiger partial charge in [-0.1, -0.05) is 21.6 Å². The molecule has 0 bridgehead atoms. The molecule has 4 unspecified atom stereocenters. The fourth-order valence-electron chi connectivity index (χ4n) is 1.82. The maximum absolute atomic E-state index is 5.54. The molecule has 0 aliphatic carbocycles. The Morgan fingerprint density at radius 2 is 1.29 bits per heavy atom. The minimum atomic E-state index is 0.435. The molecule has 0 radical (unpaired) electrons. The lowest BCUT2D eigenvalue weighted by atomic mass is 10.3. The van der Waals surface area contributed by atoms with Crippen LogP contribution in [0.4, 0.5) is 0 Å². The summed E-state index contributed by atoms with van der Waals surface area (Å²) in [5.41, 5.74) is 0. The standard InChI is InChI=1S/C10H18O2S2/c1-7-9(3-5-11-7)13-14-10-4-6-12-8(10)2/h7-10H,3-6H2,1-2H3. The van der Waals surface area contributed by atoms with Gasteiger partial charge in [0.05, 0.1) is 12.2 Å². The van der Waals surface area contributed by atoms with E-state index in [2.05, 4.69) is 13.8 Å². The molecule has 4 atom stereocenters. The van der Waals surface area contributed by atoms with Gasteiger partial charge in [0.1, 0.15) is 0 Å². The zero-order valence-electron chi connectivity index (χ0n) is 8.77. The van der Waals surface area contributed by atoms with Gasteiger partial charge in [-0.2, -0.15) is 0 Å². The van der Waals surface area contributed by atoms with Crippen molar-refractivity contribution in [3.63, 3.8) is 0 Å². The number of rotatable bonds is 3. The summed E-state index contributed by atoms with van der Waals surface area (Å²) < 4.78 is 11.1. The molecule has 2 aliphatic heterocycles. The van der Waals surface area contributed by atoms with Gasteiger partial charge in [-0.15, -0.1) is 0 Å². The first-order chi connectivity index (χ1) is 6.77. The second-order valence-electron chi connectivity index (χ2n) is 4.00. The molecule has 0 N–H and O–H groups in total. The summed E-state index contributed by atoms with van der Waals surface area (Å²) in [6.45, 7) is 6.24. The van der Waals surface area contributed by atoms with Crippen LogP contribution in [-0.2, 0) is 9.47 Å². The van der Waals surface area contributed by atoms with E-state index in [1.54, 1.807) is 0 Å². The minimum Gasteiger partial charge on any atom is -0.377 e. The minimum absolute atomic E-state index is 0.435. The van der Waals surface area contributed by atoms with Crippen molar-refractivity contribution >= 4 is 21.6 Å². The summed E-state index contributed by atoms with van der Waals surface area (Å²) in [4.78, 5) is 0. The Hall–Kier alpha value is 0.620. The van der Waals surface area contributed by atoms with E-state index < -0.39 is 0 Å². The quantitative estimate of drug-likeness (QED) is 0.699. The molecule has 2 saturated heterocycles. The molecule has 0 aromatic heterocycles. The van der Waals surface area contributed by atoms with Crippen LogP contribution in [0.2, 0.25) is 0 Å². The summed E-state index contributed by atoms with van der Waals surface area (Å²) in [5, 5.41) is 1.38. The highest BCUT2D eigenvalue weighted by molar-refractivity contribution is 8.77. The van der Waals surface area contributed by atoms with Crippen LogP contribution < -0.4 is 0 Å². The van der Waals surface area contributed by atoms with E-state index >= 15 is 0 Å². The van der Waals surface area contributed by atoms with Gasteiger partial charge in [0.15, 0.2) is 0 Å². The molecule has 2 heterocycles. The second kappa shape index (κ2) is 5.10. The Balaban J connectivity index is 1.71. The molecule has 0 aromatic carbocycles. The van der Waals surface area contributed by atoms with Gasteiger partial charge in [0.2, 0.25) is 0 Å². The van der Waals surface area contributed by atoms with E-state index in [9.17, 15) is 0 Å². The highest BCUT2D eigenvalue weighted by atomic mass is 33.1. The molecule has 0 spiro atoms. The van der Waals surface area contributed by atoms with Gasteiger partial charge in [0.25, 0.3) is 0 Å². The third-order valence-corrected chi connectivity index (χ3v) is 6.58. The van der Waals surface area contributed by atoms with Gasteiger partial charge in [-0.25, -0.2) is 0 Å². The lowest BCUT2D eigenvalue weighted by Crippen LogP contribution is -2.16. The zero-order chi connectivity index (χ0) is 9.97. The third-order valence-electron chi connectivity index (χ3n) is 2.92. The molecule has 2 rings (SSSR count). The summed E-state index contributed by atoms with van der Waals surface area (Å²) in [6, 6.07) is 0. The lowest BCUT2D eigenvalue weighted by Gasteiger charge is -2.17. The van der Waals surface area contributed by atoms with Gasteiger partial charge in [0, 0.05) is 23.7 Å². The predicted molar refractivity (Wildman–Crippen MR) is 62.8 cm³/mol. The SMILES string of the molecule is CC1OCCC1SSC1CCOC1C. The summed E-state index contributed by atoms with van der Waals surface area (Å²) in [7, 11) is 4.01. The Morgan fingerprint density at radius 1 is 0.857 bits per heavy atom. The van der Waals surface area contributed by atoms with Crippen molar-refractivity contribution in [1.82, 2.24) is 0 Å². The van der Waals surface area contributed by atoms with Crippen LogP contribution in [0.15, 0.2) is 0 Å². The van der Waals surface area contributed by atoms with Crippen LogP contribution in [0.3, 0.4) is 0 Å². The van der Waals surface area contributed by atoms with Crippen LogP contribution >= 0.6 is 21.6 Å². The van der Waals surface area contributed by atoms with E-state index in [0.29, 0.717) is 22.7 Å². The number of hydrogen-bond donors (Lipinski definition) is 0. The molecule has 2 nitrogen and oxygen atoms in total. The first-order valence-corrected chi connectivity index (χ1v) is 7.60. The van der Waals surface area contributed by atoms with Crippen LogP contribution in [-0.4, -0.2) is 35.9 Å². The largest absolute Gasteiger partial charge is 0.377 e. The topological polar surface area (TPSA) is 18.5 Å². The van der Waals surface area contributed by atoms with Gasteiger partial charge < -0.3 is 9.47 Å². The first-order valence-electron chi connectivity index (χ1n) is 5.32. The summed E-state index contributed by atoms with van der Waals surface area (Å²) >= 11 is 0. The van der Waals surface area contributed by atoms with Crippen molar-refractivity contribution in [2.75, 3.05) is 13.2 Å². The Kier molecular flexibility index (Phi) is 4.05. The second-order valence-corrected chi connectivity index (χ2v) is 6.75. The average molecular weight is 234 g/mol. The molecule has 0 saturated carbocycles. The first kappa shape index (κ1) is 11.1. The summed E-state index contributed by atoms with van der Waals surface area (Å²) in [6.07, 6.45) is 3.29. The average Bonchev–Trinajstić information content (AvgIpc) is 2.72. The highest BCUT2D eigenvalue weighted by Crippen LogP contribution is 2.41. The van der Waals surface area contributed by atoms with Crippen molar-refractivity contribution in [2.45, 2.75) is 49.4 Å². The normalized spacial score (nSPS) is 43.3. The van der Waals surface area contributed by atoms with E-state index in [-0.39, 0.29) is 0 Å². The van der Waals surface area contributed by atoms with Crippen LogP contribution in [0.25, 0.3) is 0 Å². The van der Waals surface area contributed by atoms with Crippen molar-refractivity contribution in [3.8, 4) is 0 Å². The van der Waals surface area contributed by atoms with Crippen LogP contribution in [0, 0.1) is 0 Å². The summed E-state index contributed by atoms with van der Waals surface area (Å²) in [5.74, 6) is 0. The molecule has 2 fully saturated rings. The number of ether oxygens (including phenoxy) is 2. The van der Waals surface area contributed by atoms with Crippen LogP contribution in [0.1, 0.15) is 26.7 Å². The fourth-order valence-corrected chi connectivity index (χ4v) is 5.33. The zero-order valence-corrected chi connectivity index (χ0v) is 10.4. The molecular formula is C10H18O2S2. The van der Waals surface area contributed by atoms with Gasteiger partial charge in [-0.3, -0.25) is 0 Å². The Labute approximate surface area is 93.9 Å².